The van der Waals surface area contributed by atoms with Gasteiger partial charge in [-0.15, -0.1) is 0 Å². The molecular weight excluding hydrogens is 324 g/mol. The molecule has 0 amide bonds. The van der Waals surface area contributed by atoms with E-state index >= 15 is 0 Å². The van der Waals surface area contributed by atoms with Gasteiger partial charge < -0.3 is 9.52 Å². The van der Waals surface area contributed by atoms with Crippen molar-refractivity contribution in [3.63, 3.8) is 0 Å². The van der Waals surface area contributed by atoms with E-state index in [4.69, 9.17) is 4.42 Å². The summed E-state index contributed by atoms with van der Waals surface area (Å²) in [6.07, 6.45) is 1.27. The maximum absolute atomic E-state index is 13.1. The van der Waals surface area contributed by atoms with Crippen LogP contribution in [0.2, 0.25) is 0 Å². The molecular formula is C23H18O3. The highest BCUT2D eigenvalue weighted by Gasteiger charge is 2.18. The van der Waals surface area contributed by atoms with Gasteiger partial charge >= 0.3 is 0 Å². The molecule has 1 heterocycles. The molecule has 0 fully saturated rings. The van der Waals surface area contributed by atoms with Crippen molar-refractivity contribution in [2.75, 3.05) is 0 Å². The van der Waals surface area contributed by atoms with Crippen molar-refractivity contribution in [2.45, 2.75) is 12.8 Å². The fourth-order valence-corrected chi connectivity index (χ4v) is 3.20. The fourth-order valence-electron chi connectivity index (χ4n) is 3.20. The van der Waals surface area contributed by atoms with Gasteiger partial charge in [0.15, 0.2) is 5.43 Å². The van der Waals surface area contributed by atoms with Crippen molar-refractivity contribution in [3.8, 4) is 17.1 Å². The van der Waals surface area contributed by atoms with E-state index in [0.29, 0.717) is 34.3 Å². The van der Waals surface area contributed by atoms with E-state index in [1.807, 2.05) is 48.5 Å². The van der Waals surface area contributed by atoms with Gasteiger partial charge in [0.1, 0.15) is 17.1 Å². The number of fused-ring (bicyclic) bond motifs is 1. The summed E-state index contributed by atoms with van der Waals surface area (Å²) in [5.74, 6) is 0.551. The second kappa shape index (κ2) is 6.89. The minimum absolute atomic E-state index is 0.0407. The molecule has 0 aliphatic carbocycles. The Morgan fingerprint density at radius 3 is 2.27 bits per heavy atom. The minimum atomic E-state index is -0.0407. The number of hydrogen-bond donors (Lipinski definition) is 1. The van der Waals surface area contributed by atoms with Gasteiger partial charge in [-0.05, 0) is 42.7 Å². The summed E-state index contributed by atoms with van der Waals surface area (Å²) in [6.45, 7) is 0. The third kappa shape index (κ3) is 3.00. The van der Waals surface area contributed by atoms with Crippen LogP contribution in [0.4, 0.5) is 0 Å². The molecule has 0 unspecified atom stereocenters. The van der Waals surface area contributed by atoms with Crippen LogP contribution in [0.25, 0.3) is 22.3 Å². The Morgan fingerprint density at radius 1 is 0.769 bits per heavy atom. The molecule has 3 nitrogen and oxygen atoms in total. The largest absolute Gasteiger partial charge is 0.507 e. The minimum Gasteiger partial charge on any atom is -0.507 e. The lowest BCUT2D eigenvalue weighted by Crippen LogP contribution is -2.12. The van der Waals surface area contributed by atoms with Gasteiger partial charge in [0, 0.05) is 5.56 Å². The van der Waals surface area contributed by atoms with Crippen molar-refractivity contribution in [1.29, 1.82) is 0 Å². The summed E-state index contributed by atoms with van der Waals surface area (Å²) in [5.41, 5.74) is 2.77. The van der Waals surface area contributed by atoms with Crippen LogP contribution in [0.5, 0.6) is 5.75 Å². The van der Waals surface area contributed by atoms with Crippen LogP contribution in [0.1, 0.15) is 11.1 Å². The van der Waals surface area contributed by atoms with E-state index in [-0.39, 0.29) is 11.2 Å². The molecule has 3 aromatic carbocycles. The van der Waals surface area contributed by atoms with Gasteiger partial charge in [0.25, 0.3) is 0 Å². The standard InChI is InChI=1S/C23H18O3/c24-20-12-6-4-10-17(20)23-19(15-14-16-8-2-1-3-9-16)22(25)18-11-5-7-13-21(18)26-23/h1-13,24H,14-15H2. The molecule has 3 heteroatoms. The molecule has 0 spiro atoms. The summed E-state index contributed by atoms with van der Waals surface area (Å²) < 4.78 is 6.07. The van der Waals surface area contributed by atoms with E-state index in [1.54, 1.807) is 30.3 Å². The Morgan fingerprint density at radius 2 is 1.46 bits per heavy atom. The highest BCUT2D eigenvalue weighted by molar-refractivity contribution is 5.81. The molecule has 0 atom stereocenters. The molecule has 1 N–H and O–H groups in total. The first-order valence-electron chi connectivity index (χ1n) is 8.61. The van der Waals surface area contributed by atoms with Crippen LogP contribution >= 0.6 is 0 Å². The van der Waals surface area contributed by atoms with Crippen LogP contribution in [0, 0.1) is 0 Å². The van der Waals surface area contributed by atoms with Crippen molar-refractivity contribution in [2.24, 2.45) is 0 Å². The fraction of sp³-hybridized carbons (Fsp3) is 0.0870. The third-order valence-electron chi connectivity index (χ3n) is 4.55. The van der Waals surface area contributed by atoms with E-state index in [0.717, 1.165) is 12.0 Å². The summed E-state index contributed by atoms with van der Waals surface area (Å²) >= 11 is 0. The first-order chi connectivity index (χ1) is 12.7. The van der Waals surface area contributed by atoms with E-state index in [2.05, 4.69) is 0 Å². The molecule has 0 aliphatic heterocycles. The second-order valence-corrected chi connectivity index (χ2v) is 6.24. The zero-order chi connectivity index (χ0) is 17.9. The molecule has 26 heavy (non-hydrogen) atoms. The van der Waals surface area contributed by atoms with Crippen LogP contribution in [-0.2, 0) is 12.8 Å². The molecule has 0 aliphatic rings. The molecule has 0 radical (unpaired) electrons. The van der Waals surface area contributed by atoms with Crippen molar-refractivity contribution >= 4 is 11.0 Å². The highest BCUT2D eigenvalue weighted by Crippen LogP contribution is 2.32. The Balaban J connectivity index is 1.88. The van der Waals surface area contributed by atoms with Gasteiger partial charge in [-0.25, -0.2) is 0 Å². The van der Waals surface area contributed by atoms with Gasteiger partial charge in [-0.2, -0.15) is 0 Å². The second-order valence-electron chi connectivity index (χ2n) is 6.24. The number of para-hydroxylation sites is 2. The number of aryl methyl sites for hydroxylation is 1. The number of aromatic hydroxyl groups is 1. The number of hydrogen-bond acceptors (Lipinski definition) is 3. The average Bonchev–Trinajstić information content (AvgIpc) is 2.68. The number of rotatable bonds is 4. The molecule has 0 bridgehead atoms. The molecule has 1 aromatic heterocycles. The molecule has 128 valence electrons. The number of phenolic OH excluding ortho intramolecular Hbond substituents is 1. The first kappa shape index (κ1) is 16.2. The van der Waals surface area contributed by atoms with E-state index < -0.39 is 0 Å². The lowest BCUT2D eigenvalue weighted by atomic mass is 9.98. The third-order valence-corrected chi connectivity index (χ3v) is 4.55. The highest BCUT2D eigenvalue weighted by atomic mass is 16.3. The molecule has 4 aromatic rings. The SMILES string of the molecule is O=c1c(CCc2ccccc2)c(-c2ccccc2O)oc2ccccc12. The lowest BCUT2D eigenvalue weighted by molar-refractivity contribution is 0.474. The number of benzene rings is 3. The smallest absolute Gasteiger partial charge is 0.196 e. The van der Waals surface area contributed by atoms with Gasteiger partial charge in [-0.1, -0.05) is 54.6 Å². The monoisotopic (exact) mass is 342 g/mol. The maximum atomic E-state index is 13.1. The summed E-state index contributed by atoms with van der Waals surface area (Å²) in [7, 11) is 0. The zero-order valence-electron chi connectivity index (χ0n) is 14.2. The molecule has 0 saturated heterocycles. The average molecular weight is 342 g/mol. The predicted octanol–water partition coefficient (Wildman–Crippen LogP) is 4.95. The predicted molar refractivity (Wildman–Crippen MR) is 103 cm³/mol. The van der Waals surface area contributed by atoms with Crippen LogP contribution in [0.3, 0.4) is 0 Å². The summed E-state index contributed by atoms with van der Waals surface area (Å²) in [6, 6.07) is 24.2. The van der Waals surface area contributed by atoms with Gasteiger partial charge in [-0.3, -0.25) is 4.79 Å². The lowest BCUT2D eigenvalue weighted by Gasteiger charge is -2.11. The topological polar surface area (TPSA) is 50.4 Å². The maximum Gasteiger partial charge on any atom is 0.196 e. The van der Waals surface area contributed by atoms with Crippen LogP contribution in [-0.4, -0.2) is 5.11 Å². The van der Waals surface area contributed by atoms with E-state index in [9.17, 15) is 9.90 Å². The number of phenols is 1. The van der Waals surface area contributed by atoms with Crippen molar-refractivity contribution < 1.29 is 9.52 Å². The zero-order valence-corrected chi connectivity index (χ0v) is 14.2. The van der Waals surface area contributed by atoms with Crippen molar-refractivity contribution in [1.82, 2.24) is 0 Å². The Kier molecular flexibility index (Phi) is 4.28. The van der Waals surface area contributed by atoms with Crippen LogP contribution < -0.4 is 5.43 Å². The van der Waals surface area contributed by atoms with Crippen LogP contribution in [0.15, 0.2) is 88.1 Å². The normalized spacial score (nSPS) is 10.9. The Labute approximate surface area is 151 Å². The molecule has 0 saturated carbocycles. The quantitative estimate of drug-likeness (QED) is 0.571. The molecule has 4 rings (SSSR count). The Hall–Kier alpha value is -3.33. The van der Waals surface area contributed by atoms with E-state index in [1.165, 1.54) is 0 Å². The van der Waals surface area contributed by atoms with Gasteiger partial charge in [0.2, 0.25) is 0 Å². The Bertz CT molecular complexity index is 1110. The summed E-state index contributed by atoms with van der Waals surface area (Å²) in [4.78, 5) is 13.1. The first-order valence-corrected chi connectivity index (χ1v) is 8.61. The van der Waals surface area contributed by atoms with Crippen molar-refractivity contribution in [3.05, 3.63) is 100 Å². The summed E-state index contributed by atoms with van der Waals surface area (Å²) in [5, 5.41) is 10.8. The van der Waals surface area contributed by atoms with Gasteiger partial charge in [0.05, 0.1) is 10.9 Å².